The molecule has 8 nitrogen and oxygen atoms in total. The fraction of sp³-hybridized carbons (Fsp3) is 0.115. The lowest BCUT2D eigenvalue weighted by atomic mass is 10.0. The standard InChI is InChI=1S/C25H21N3O5S.CH4/c1-16(29)28-34(31,32)20-12-10-18(11-13-20)26-25(30)22-15-24(17-6-5-7-19(14-17)33-2)27-23-9-4-3-8-21(22)23;/h3-15H,1-2H3,(H,26,30)(H,28,29);1H4. The van der Waals surface area contributed by atoms with Gasteiger partial charge >= 0.3 is 0 Å². The van der Waals surface area contributed by atoms with E-state index < -0.39 is 15.9 Å². The highest BCUT2D eigenvalue weighted by Crippen LogP contribution is 2.28. The quantitative estimate of drug-likeness (QED) is 0.407. The molecule has 35 heavy (non-hydrogen) atoms. The normalized spacial score (nSPS) is 10.8. The van der Waals surface area contributed by atoms with Crippen molar-refractivity contribution in [2.75, 3.05) is 12.4 Å². The van der Waals surface area contributed by atoms with Gasteiger partial charge in [-0.2, -0.15) is 0 Å². The van der Waals surface area contributed by atoms with Crippen LogP contribution in [-0.2, 0) is 14.8 Å². The zero-order valence-electron chi connectivity index (χ0n) is 18.4. The lowest BCUT2D eigenvalue weighted by Gasteiger charge is -2.12. The molecule has 0 aliphatic rings. The van der Waals surface area contributed by atoms with Crippen LogP contribution in [0.1, 0.15) is 24.7 Å². The molecule has 0 fully saturated rings. The molecular weight excluding hydrogens is 466 g/mol. The number of ether oxygens (including phenoxy) is 1. The molecule has 2 N–H and O–H groups in total. The number of aromatic nitrogens is 1. The van der Waals surface area contributed by atoms with Crippen molar-refractivity contribution < 1.29 is 22.7 Å². The topological polar surface area (TPSA) is 114 Å². The molecule has 0 atom stereocenters. The van der Waals surface area contributed by atoms with E-state index in [0.717, 1.165) is 12.5 Å². The Bertz CT molecular complexity index is 1500. The maximum absolute atomic E-state index is 13.2. The van der Waals surface area contributed by atoms with Crippen molar-refractivity contribution in [3.63, 3.8) is 0 Å². The van der Waals surface area contributed by atoms with Crippen molar-refractivity contribution >= 4 is 38.4 Å². The van der Waals surface area contributed by atoms with Gasteiger partial charge in [0.25, 0.3) is 15.9 Å². The second-order valence-electron chi connectivity index (χ2n) is 7.44. The molecule has 1 heterocycles. The predicted octanol–water partition coefficient (Wildman–Crippen LogP) is 4.62. The Labute approximate surface area is 204 Å². The summed E-state index contributed by atoms with van der Waals surface area (Å²) < 4.78 is 31.5. The molecule has 0 aliphatic heterocycles. The van der Waals surface area contributed by atoms with E-state index in [9.17, 15) is 18.0 Å². The highest BCUT2D eigenvalue weighted by atomic mass is 32.2. The maximum atomic E-state index is 13.2. The van der Waals surface area contributed by atoms with Crippen LogP contribution < -0.4 is 14.8 Å². The maximum Gasteiger partial charge on any atom is 0.264 e. The van der Waals surface area contributed by atoms with Crippen LogP contribution in [0.5, 0.6) is 5.75 Å². The molecule has 4 rings (SSSR count). The third-order valence-corrected chi connectivity index (χ3v) is 6.48. The zero-order chi connectivity index (χ0) is 24.3. The number of para-hydroxylation sites is 1. The smallest absolute Gasteiger partial charge is 0.264 e. The van der Waals surface area contributed by atoms with Gasteiger partial charge in [-0.1, -0.05) is 37.8 Å². The largest absolute Gasteiger partial charge is 0.497 e. The molecule has 4 aromatic rings. The number of nitrogens with zero attached hydrogens (tertiary/aromatic N) is 1. The molecule has 180 valence electrons. The SMILES string of the molecule is C.COc1cccc(-c2cc(C(=O)Nc3ccc(S(=O)(=O)NC(C)=O)cc3)c3ccccc3n2)c1. The number of carbonyl (C=O) groups is 2. The molecule has 0 unspecified atom stereocenters. The van der Waals surface area contributed by atoms with E-state index in [-0.39, 0.29) is 18.2 Å². The molecule has 0 saturated carbocycles. The molecule has 2 amide bonds. The van der Waals surface area contributed by atoms with E-state index in [2.05, 4.69) is 5.32 Å². The number of nitrogens with one attached hydrogen (secondary N) is 2. The molecule has 0 saturated heterocycles. The first kappa shape index (κ1) is 25.4. The van der Waals surface area contributed by atoms with Gasteiger partial charge in [0.1, 0.15) is 5.75 Å². The van der Waals surface area contributed by atoms with Gasteiger partial charge in [0, 0.05) is 23.6 Å². The Morgan fingerprint density at radius 1 is 0.914 bits per heavy atom. The molecule has 0 bridgehead atoms. The zero-order valence-corrected chi connectivity index (χ0v) is 19.2. The van der Waals surface area contributed by atoms with Gasteiger partial charge < -0.3 is 10.1 Å². The van der Waals surface area contributed by atoms with Crippen molar-refractivity contribution in [3.8, 4) is 17.0 Å². The van der Waals surface area contributed by atoms with E-state index >= 15 is 0 Å². The molecule has 0 aliphatic carbocycles. The number of benzene rings is 3. The van der Waals surface area contributed by atoms with E-state index in [1.165, 1.54) is 24.3 Å². The molecule has 0 radical (unpaired) electrons. The Morgan fingerprint density at radius 3 is 2.31 bits per heavy atom. The summed E-state index contributed by atoms with van der Waals surface area (Å²) in [4.78, 5) is 28.9. The van der Waals surface area contributed by atoms with Gasteiger partial charge in [0.15, 0.2) is 0 Å². The van der Waals surface area contributed by atoms with E-state index in [1.54, 1.807) is 13.2 Å². The van der Waals surface area contributed by atoms with Crippen molar-refractivity contribution in [1.29, 1.82) is 0 Å². The van der Waals surface area contributed by atoms with Crippen molar-refractivity contribution in [1.82, 2.24) is 9.71 Å². The summed E-state index contributed by atoms with van der Waals surface area (Å²) in [6, 6.07) is 22.0. The van der Waals surface area contributed by atoms with E-state index in [0.29, 0.717) is 33.6 Å². The number of hydrogen-bond donors (Lipinski definition) is 2. The minimum absolute atomic E-state index is 0. The van der Waals surface area contributed by atoms with Crippen LogP contribution in [0.2, 0.25) is 0 Å². The van der Waals surface area contributed by atoms with Gasteiger partial charge in [0.2, 0.25) is 5.91 Å². The highest BCUT2D eigenvalue weighted by molar-refractivity contribution is 7.90. The monoisotopic (exact) mass is 491 g/mol. The first-order chi connectivity index (χ1) is 16.3. The molecular formula is C26H25N3O5S. The minimum Gasteiger partial charge on any atom is -0.497 e. The van der Waals surface area contributed by atoms with Crippen LogP contribution in [0, 0.1) is 0 Å². The number of fused-ring (bicyclic) bond motifs is 1. The third-order valence-electron chi connectivity index (χ3n) is 5.03. The second kappa shape index (κ2) is 10.4. The number of rotatable bonds is 6. The number of hydrogen-bond acceptors (Lipinski definition) is 6. The van der Waals surface area contributed by atoms with Gasteiger partial charge in [-0.3, -0.25) is 9.59 Å². The van der Waals surface area contributed by atoms with Crippen LogP contribution in [0.3, 0.4) is 0 Å². The van der Waals surface area contributed by atoms with Crippen LogP contribution in [0.25, 0.3) is 22.2 Å². The average Bonchev–Trinajstić information content (AvgIpc) is 2.83. The summed E-state index contributed by atoms with van der Waals surface area (Å²) in [5.41, 5.74) is 2.88. The Hall–Kier alpha value is -4.24. The predicted molar refractivity (Wildman–Crippen MR) is 136 cm³/mol. The Morgan fingerprint density at radius 2 is 1.63 bits per heavy atom. The first-order valence-electron chi connectivity index (χ1n) is 10.3. The van der Waals surface area contributed by atoms with Crippen LogP contribution in [0.4, 0.5) is 5.69 Å². The first-order valence-corrected chi connectivity index (χ1v) is 11.7. The van der Waals surface area contributed by atoms with Gasteiger partial charge in [-0.25, -0.2) is 18.1 Å². The van der Waals surface area contributed by atoms with Gasteiger partial charge in [0.05, 0.1) is 28.8 Å². The lowest BCUT2D eigenvalue weighted by molar-refractivity contribution is -0.117. The lowest BCUT2D eigenvalue weighted by Crippen LogP contribution is -2.28. The van der Waals surface area contributed by atoms with Gasteiger partial charge in [-0.05, 0) is 48.5 Å². The van der Waals surface area contributed by atoms with Crippen molar-refractivity contribution in [2.24, 2.45) is 0 Å². The second-order valence-corrected chi connectivity index (χ2v) is 9.13. The Kier molecular flexibility index (Phi) is 7.51. The van der Waals surface area contributed by atoms with Crippen LogP contribution >= 0.6 is 0 Å². The van der Waals surface area contributed by atoms with Crippen molar-refractivity contribution in [3.05, 3.63) is 84.4 Å². The molecule has 1 aromatic heterocycles. The summed E-state index contributed by atoms with van der Waals surface area (Å²) in [6.07, 6.45) is 0. The summed E-state index contributed by atoms with van der Waals surface area (Å²) >= 11 is 0. The molecule has 3 aromatic carbocycles. The molecule has 9 heteroatoms. The van der Waals surface area contributed by atoms with E-state index in [4.69, 9.17) is 9.72 Å². The number of anilines is 1. The highest BCUT2D eigenvalue weighted by Gasteiger charge is 2.17. The van der Waals surface area contributed by atoms with Gasteiger partial charge in [-0.15, -0.1) is 0 Å². The van der Waals surface area contributed by atoms with Crippen LogP contribution in [0.15, 0.2) is 83.8 Å². The number of methoxy groups -OCH3 is 1. The van der Waals surface area contributed by atoms with Crippen LogP contribution in [-0.4, -0.2) is 32.3 Å². The summed E-state index contributed by atoms with van der Waals surface area (Å²) in [5.74, 6) is -0.387. The molecule has 0 spiro atoms. The Balaban J connectivity index is 0.00000342. The number of carbonyl (C=O) groups excluding carboxylic acids is 2. The number of sulfonamides is 1. The number of amides is 2. The summed E-state index contributed by atoms with van der Waals surface area (Å²) in [5, 5.41) is 3.47. The summed E-state index contributed by atoms with van der Waals surface area (Å²) in [6.45, 7) is 1.12. The fourth-order valence-corrected chi connectivity index (χ4v) is 4.45. The average molecular weight is 492 g/mol. The number of pyridine rings is 1. The fourth-order valence-electron chi connectivity index (χ4n) is 3.46. The minimum atomic E-state index is -3.96. The summed E-state index contributed by atoms with van der Waals surface area (Å²) in [7, 11) is -2.38. The van der Waals surface area contributed by atoms with Crippen molar-refractivity contribution in [2.45, 2.75) is 19.2 Å². The third kappa shape index (κ3) is 5.64. The van der Waals surface area contributed by atoms with E-state index in [1.807, 2.05) is 53.3 Å².